The van der Waals surface area contributed by atoms with Crippen LogP contribution in [0.3, 0.4) is 0 Å². The van der Waals surface area contributed by atoms with E-state index < -0.39 is 11.8 Å². The van der Waals surface area contributed by atoms with Crippen molar-refractivity contribution in [1.82, 2.24) is 0 Å². The van der Waals surface area contributed by atoms with Gasteiger partial charge >= 0.3 is 5.97 Å². The number of benzene rings is 2. The highest BCUT2D eigenvalue weighted by Crippen LogP contribution is 2.25. The van der Waals surface area contributed by atoms with E-state index in [4.69, 9.17) is 9.84 Å². The number of halogens is 1. The summed E-state index contributed by atoms with van der Waals surface area (Å²) in [6, 6.07) is 9.74. The molecule has 0 spiro atoms. The van der Waals surface area contributed by atoms with Crippen LogP contribution >= 0.6 is 0 Å². The fraction of sp³-hybridized carbons (Fsp3) is 0.188. The van der Waals surface area contributed by atoms with Crippen LogP contribution in [0, 0.1) is 19.7 Å². The maximum Gasteiger partial charge on any atom is 0.336 e. The van der Waals surface area contributed by atoms with E-state index in [1.165, 1.54) is 12.1 Å². The van der Waals surface area contributed by atoms with Crippen molar-refractivity contribution in [2.45, 2.75) is 20.5 Å². The topological polar surface area (TPSA) is 46.5 Å². The Balaban J connectivity index is 2.24. The summed E-state index contributed by atoms with van der Waals surface area (Å²) in [6.07, 6.45) is 0. The van der Waals surface area contributed by atoms with Gasteiger partial charge in [0, 0.05) is 5.56 Å². The summed E-state index contributed by atoms with van der Waals surface area (Å²) in [4.78, 5) is 11.1. The standard InChI is InChI=1S/C16H15FO3/c1-10-7-11(2)15(14(17)8-10)20-9-12-5-3-4-6-13(12)16(18)19/h3-8H,9H2,1-2H3,(H,18,19). The van der Waals surface area contributed by atoms with Crippen molar-refractivity contribution in [1.29, 1.82) is 0 Å². The molecule has 20 heavy (non-hydrogen) atoms. The number of carbonyl (C=O) groups is 1. The van der Waals surface area contributed by atoms with E-state index in [0.717, 1.165) is 5.56 Å². The predicted octanol–water partition coefficient (Wildman–Crippen LogP) is 3.72. The van der Waals surface area contributed by atoms with Gasteiger partial charge in [-0.3, -0.25) is 0 Å². The number of ether oxygens (including phenoxy) is 1. The van der Waals surface area contributed by atoms with Crippen LogP contribution in [0.2, 0.25) is 0 Å². The number of aryl methyl sites for hydroxylation is 2. The van der Waals surface area contributed by atoms with Gasteiger partial charge in [0.2, 0.25) is 0 Å². The van der Waals surface area contributed by atoms with Gasteiger partial charge in [-0.05, 0) is 37.1 Å². The first kappa shape index (κ1) is 14.1. The Bertz CT molecular complexity index is 627. The average Bonchev–Trinajstić information content (AvgIpc) is 2.37. The molecule has 104 valence electrons. The molecule has 0 bridgehead atoms. The summed E-state index contributed by atoms with van der Waals surface area (Å²) in [5.41, 5.74) is 2.19. The van der Waals surface area contributed by atoms with Gasteiger partial charge in [-0.1, -0.05) is 24.3 Å². The van der Waals surface area contributed by atoms with Gasteiger partial charge in [0.05, 0.1) is 5.56 Å². The molecule has 0 aliphatic carbocycles. The van der Waals surface area contributed by atoms with Crippen molar-refractivity contribution < 1.29 is 19.0 Å². The number of carboxylic acid groups (broad SMARTS) is 1. The molecule has 0 saturated carbocycles. The summed E-state index contributed by atoms with van der Waals surface area (Å²) in [5.74, 6) is -1.30. The van der Waals surface area contributed by atoms with E-state index in [1.54, 1.807) is 32.0 Å². The van der Waals surface area contributed by atoms with Crippen LogP contribution in [0.4, 0.5) is 4.39 Å². The lowest BCUT2D eigenvalue weighted by molar-refractivity contribution is 0.0694. The summed E-state index contributed by atoms with van der Waals surface area (Å²) in [6.45, 7) is 3.58. The van der Waals surface area contributed by atoms with E-state index in [0.29, 0.717) is 11.1 Å². The molecule has 0 aromatic heterocycles. The van der Waals surface area contributed by atoms with Crippen LogP contribution in [0.15, 0.2) is 36.4 Å². The zero-order valence-electron chi connectivity index (χ0n) is 11.3. The maximum atomic E-state index is 13.8. The summed E-state index contributed by atoms with van der Waals surface area (Å²) in [7, 11) is 0. The van der Waals surface area contributed by atoms with Crippen molar-refractivity contribution in [3.8, 4) is 5.75 Å². The molecule has 4 heteroatoms. The highest BCUT2D eigenvalue weighted by molar-refractivity contribution is 5.89. The highest BCUT2D eigenvalue weighted by atomic mass is 19.1. The van der Waals surface area contributed by atoms with Crippen LogP contribution in [-0.4, -0.2) is 11.1 Å². The van der Waals surface area contributed by atoms with E-state index in [1.807, 2.05) is 6.07 Å². The van der Waals surface area contributed by atoms with E-state index in [-0.39, 0.29) is 17.9 Å². The number of carboxylic acids is 1. The lowest BCUT2D eigenvalue weighted by Gasteiger charge is -2.12. The molecule has 0 atom stereocenters. The molecule has 2 rings (SSSR count). The predicted molar refractivity (Wildman–Crippen MR) is 73.6 cm³/mol. The van der Waals surface area contributed by atoms with Gasteiger partial charge in [0.15, 0.2) is 11.6 Å². The lowest BCUT2D eigenvalue weighted by Crippen LogP contribution is -2.06. The number of hydrogen-bond acceptors (Lipinski definition) is 2. The van der Waals surface area contributed by atoms with Crippen LogP contribution in [0.25, 0.3) is 0 Å². The van der Waals surface area contributed by atoms with Crippen LogP contribution < -0.4 is 4.74 Å². The van der Waals surface area contributed by atoms with Crippen molar-refractivity contribution in [2.24, 2.45) is 0 Å². The minimum absolute atomic E-state index is 0.0172. The Morgan fingerprint density at radius 2 is 1.95 bits per heavy atom. The van der Waals surface area contributed by atoms with E-state index >= 15 is 0 Å². The Hall–Kier alpha value is -2.36. The average molecular weight is 274 g/mol. The third-order valence-electron chi connectivity index (χ3n) is 2.99. The third-order valence-corrected chi connectivity index (χ3v) is 2.99. The minimum atomic E-state index is -1.02. The van der Waals surface area contributed by atoms with Gasteiger partial charge in [-0.25, -0.2) is 9.18 Å². The van der Waals surface area contributed by atoms with Crippen molar-refractivity contribution in [3.05, 3.63) is 64.5 Å². The number of hydrogen-bond donors (Lipinski definition) is 1. The summed E-state index contributed by atoms with van der Waals surface area (Å²) < 4.78 is 19.3. The molecule has 3 nitrogen and oxygen atoms in total. The molecular weight excluding hydrogens is 259 g/mol. The number of rotatable bonds is 4. The van der Waals surface area contributed by atoms with Gasteiger partial charge < -0.3 is 9.84 Å². The second-order valence-corrected chi connectivity index (χ2v) is 4.64. The monoisotopic (exact) mass is 274 g/mol. The minimum Gasteiger partial charge on any atom is -0.486 e. The van der Waals surface area contributed by atoms with Crippen LogP contribution in [0.1, 0.15) is 27.0 Å². The van der Waals surface area contributed by atoms with Crippen molar-refractivity contribution >= 4 is 5.97 Å². The zero-order valence-corrected chi connectivity index (χ0v) is 11.3. The van der Waals surface area contributed by atoms with Gasteiger partial charge in [0.1, 0.15) is 6.61 Å². The Morgan fingerprint density at radius 1 is 1.25 bits per heavy atom. The molecule has 0 amide bonds. The van der Waals surface area contributed by atoms with Gasteiger partial charge in [0.25, 0.3) is 0 Å². The first-order chi connectivity index (χ1) is 9.49. The fourth-order valence-electron chi connectivity index (χ4n) is 2.09. The van der Waals surface area contributed by atoms with Crippen LogP contribution in [0.5, 0.6) is 5.75 Å². The Kier molecular flexibility index (Phi) is 4.03. The molecular formula is C16H15FO3. The van der Waals surface area contributed by atoms with Crippen molar-refractivity contribution in [2.75, 3.05) is 0 Å². The molecule has 2 aromatic carbocycles. The number of aromatic carboxylic acids is 1. The molecule has 0 heterocycles. The molecule has 0 saturated heterocycles. The van der Waals surface area contributed by atoms with Gasteiger partial charge in [-0.2, -0.15) is 0 Å². The Labute approximate surface area is 116 Å². The Morgan fingerprint density at radius 3 is 2.60 bits per heavy atom. The molecule has 1 N–H and O–H groups in total. The second kappa shape index (κ2) is 5.74. The molecule has 0 fully saturated rings. The molecule has 0 aliphatic heterocycles. The largest absolute Gasteiger partial charge is 0.486 e. The summed E-state index contributed by atoms with van der Waals surface area (Å²) in [5, 5.41) is 9.08. The van der Waals surface area contributed by atoms with E-state index in [9.17, 15) is 9.18 Å². The highest BCUT2D eigenvalue weighted by Gasteiger charge is 2.12. The SMILES string of the molecule is Cc1cc(C)c(OCc2ccccc2C(=O)O)c(F)c1. The summed E-state index contributed by atoms with van der Waals surface area (Å²) >= 11 is 0. The molecule has 0 aliphatic rings. The zero-order chi connectivity index (χ0) is 14.7. The maximum absolute atomic E-state index is 13.8. The molecule has 2 aromatic rings. The first-order valence-corrected chi connectivity index (χ1v) is 6.20. The third kappa shape index (κ3) is 2.96. The lowest BCUT2D eigenvalue weighted by atomic mass is 10.1. The normalized spacial score (nSPS) is 10.3. The van der Waals surface area contributed by atoms with Crippen LogP contribution in [-0.2, 0) is 6.61 Å². The van der Waals surface area contributed by atoms with E-state index in [2.05, 4.69) is 0 Å². The van der Waals surface area contributed by atoms with Gasteiger partial charge in [-0.15, -0.1) is 0 Å². The van der Waals surface area contributed by atoms with Crippen molar-refractivity contribution in [3.63, 3.8) is 0 Å². The second-order valence-electron chi connectivity index (χ2n) is 4.64. The quantitative estimate of drug-likeness (QED) is 0.924. The molecule has 0 unspecified atom stereocenters. The smallest absolute Gasteiger partial charge is 0.336 e. The fourth-order valence-corrected chi connectivity index (χ4v) is 2.09. The molecule has 0 radical (unpaired) electrons. The first-order valence-electron chi connectivity index (χ1n) is 6.20.